The highest BCUT2D eigenvalue weighted by Crippen LogP contribution is 2.34. The summed E-state index contributed by atoms with van der Waals surface area (Å²) in [7, 11) is -3.61. The van der Waals surface area contributed by atoms with Crippen molar-refractivity contribution in [2.75, 3.05) is 44.3 Å². The molecule has 8 heteroatoms. The minimum absolute atomic E-state index is 0.325. The summed E-state index contributed by atoms with van der Waals surface area (Å²) in [6.45, 7) is 9.86. The minimum atomic E-state index is -3.61. The molecule has 0 saturated carbocycles. The monoisotopic (exact) mass is 520 g/mol. The lowest BCUT2D eigenvalue weighted by molar-refractivity contribution is 0.0730. The molecule has 3 aromatic rings. The zero-order chi connectivity index (χ0) is 26.0. The van der Waals surface area contributed by atoms with Gasteiger partial charge in [0.05, 0.1) is 35.2 Å². The summed E-state index contributed by atoms with van der Waals surface area (Å²) in [4.78, 5) is 7.40. The van der Waals surface area contributed by atoms with Gasteiger partial charge in [-0.3, -0.25) is 4.99 Å². The van der Waals surface area contributed by atoms with E-state index in [9.17, 15) is 8.42 Å². The second-order valence-electron chi connectivity index (χ2n) is 9.80. The Morgan fingerprint density at radius 1 is 0.919 bits per heavy atom. The van der Waals surface area contributed by atoms with E-state index in [0.717, 1.165) is 66.4 Å². The van der Waals surface area contributed by atoms with Crippen LogP contribution in [0.2, 0.25) is 0 Å². The molecule has 0 amide bonds. The molecule has 2 saturated heterocycles. The van der Waals surface area contributed by atoms with Crippen LogP contribution in [-0.4, -0.2) is 62.9 Å². The highest BCUT2D eigenvalue weighted by atomic mass is 32.2. The van der Waals surface area contributed by atoms with Crippen molar-refractivity contribution in [1.29, 1.82) is 0 Å². The van der Waals surface area contributed by atoms with Crippen LogP contribution < -0.4 is 4.90 Å². The van der Waals surface area contributed by atoms with Crippen molar-refractivity contribution in [3.8, 4) is 5.69 Å². The molecule has 0 bridgehead atoms. The van der Waals surface area contributed by atoms with Crippen molar-refractivity contribution in [1.82, 2.24) is 8.87 Å². The molecular weight excluding hydrogens is 484 g/mol. The number of hydrogen-bond donors (Lipinski definition) is 0. The van der Waals surface area contributed by atoms with E-state index in [-0.39, 0.29) is 0 Å². The van der Waals surface area contributed by atoms with Crippen LogP contribution in [0.15, 0.2) is 58.4 Å². The van der Waals surface area contributed by atoms with Gasteiger partial charge < -0.3 is 14.2 Å². The Kier molecular flexibility index (Phi) is 7.51. The Morgan fingerprint density at radius 2 is 1.62 bits per heavy atom. The maximum atomic E-state index is 13.5. The van der Waals surface area contributed by atoms with E-state index < -0.39 is 10.0 Å². The third-order valence-electron chi connectivity index (χ3n) is 7.41. The van der Waals surface area contributed by atoms with E-state index in [4.69, 9.17) is 9.73 Å². The van der Waals surface area contributed by atoms with Gasteiger partial charge >= 0.3 is 0 Å². The Morgan fingerprint density at radius 3 is 2.30 bits per heavy atom. The summed E-state index contributed by atoms with van der Waals surface area (Å²) < 4.78 is 36.1. The van der Waals surface area contributed by atoms with Crippen LogP contribution in [0.1, 0.15) is 42.3 Å². The zero-order valence-corrected chi connectivity index (χ0v) is 22.8. The maximum Gasteiger partial charge on any atom is 0.243 e. The van der Waals surface area contributed by atoms with Crippen molar-refractivity contribution in [3.05, 3.63) is 71.0 Å². The van der Waals surface area contributed by atoms with Crippen LogP contribution in [0.25, 0.3) is 5.69 Å². The van der Waals surface area contributed by atoms with Gasteiger partial charge in [0.1, 0.15) is 0 Å². The first kappa shape index (κ1) is 25.7. The quantitative estimate of drug-likeness (QED) is 0.410. The lowest BCUT2D eigenvalue weighted by Crippen LogP contribution is -2.40. The number of aromatic nitrogens is 1. The number of rotatable bonds is 7. The van der Waals surface area contributed by atoms with Gasteiger partial charge in [0.15, 0.2) is 0 Å². The molecule has 2 aliphatic heterocycles. The number of hydrogen-bond acceptors (Lipinski definition) is 5. The van der Waals surface area contributed by atoms with Crippen LogP contribution in [0.4, 0.5) is 11.4 Å². The predicted octanol–water partition coefficient (Wildman–Crippen LogP) is 5.03. The zero-order valence-electron chi connectivity index (χ0n) is 22.0. The van der Waals surface area contributed by atoms with Gasteiger partial charge in [-0.15, -0.1) is 0 Å². The largest absolute Gasteiger partial charge is 0.379 e. The second kappa shape index (κ2) is 10.8. The Labute approximate surface area is 220 Å². The summed E-state index contributed by atoms with van der Waals surface area (Å²) in [5, 5.41) is 0. The lowest BCUT2D eigenvalue weighted by atomic mass is 10.1. The number of anilines is 1. The summed E-state index contributed by atoms with van der Waals surface area (Å²) in [5.74, 6) is 0. The molecule has 0 N–H and O–H groups in total. The summed E-state index contributed by atoms with van der Waals surface area (Å²) in [6, 6.07) is 16.0. The molecule has 1 aromatic heterocycles. The van der Waals surface area contributed by atoms with Crippen molar-refractivity contribution < 1.29 is 13.2 Å². The summed E-state index contributed by atoms with van der Waals surface area (Å²) in [6.07, 6.45) is 5.20. The van der Waals surface area contributed by atoms with Crippen LogP contribution >= 0.6 is 0 Å². The van der Waals surface area contributed by atoms with Crippen molar-refractivity contribution >= 4 is 27.6 Å². The van der Waals surface area contributed by atoms with Gasteiger partial charge in [-0.1, -0.05) is 19.1 Å². The number of nitrogens with zero attached hydrogens (tertiary/aromatic N) is 4. The smallest absolute Gasteiger partial charge is 0.243 e. The number of aryl methyl sites for hydroxylation is 2. The molecule has 2 aliphatic rings. The van der Waals surface area contributed by atoms with E-state index in [1.807, 2.05) is 30.5 Å². The van der Waals surface area contributed by atoms with Crippen LogP contribution in [0.5, 0.6) is 0 Å². The van der Waals surface area contributed by atoms with E-state index >= 15 is 0 Å². The first-order valence-corrected chi connectivity index (χ1v) is 14.6. The van der Waals surface area contributed by atoms with E-state index in [1.54, 1.807) is 6.07 Å². The maximum absolute atomic E-state index is 13.5. The van der Waals surface area contributed by atoms with Crippen LogP contribution in [0, 0.1) is 13.8 Å². The van der Waals surface area contributed by atoms with Crippen LogP contribution in [-0.2, 0) is 21.2 Å². The lowest BCUT2D eigenvalue weighted by Gasteiger charge is -2.28. The number of sulfonamides is 1. The van der Waals surface area contributed by atoms with Gasteiger partial charge in [0.2, 0.25) is 10.0 Å². The molecule has 0 spiro atoms. The summed E-state index contributed by atoms with van der Waals surface area (Å²) in [5.41, 5.74) is 7.27. The van der Waals surface area contributed by atoms with Gasteiger partial charge in [0, 0.05) is 49.3 Å². The third-order valence-corrected chi connectivity index (χ3v) is 9.30. The molecule has 2 aromatic carbocycles. The molecule has 5 rings (SSSR count). The molecule has 0 aliphatic carbocycles. The first-order valence-electron chi connectivity index (χ1n) is 13.2. The fraction of sp³-hybridized carbons (Fsp3) is 0.414. The van der Waals surface area contributed by atoms with Crippen molar-refractivity contribution in [2.24, 2.45) is 4.99 Å². The van der Waals surface area contributed by atoms with E-state index in [1.165, 1.54) is 9.87 Å². The Bertz CT molecular complexity index is 1380. The van der Waals surface area contributed by atoms with Gasteiger partial charge in [0.25, 0.3) is 0 Å². The Balaban J connectivity index is 1.55. The third kappa shape index (κ3) is 5.23. The number of morpholine rings is 1. The average Bonchev–Trinajstić information content (AvgIpc) is 3.56. The molecule has 37 heavy (non-hydrogen) atoms. The van der Waals surface area contributed by atoms with Crippen molar-refractivity contribution in [2.45, 2.75) is 44.9 Å². The average molecular weight is 521 g/mol. The number of aliphatic imine (C=N–C) groups is 1. The standard InChI is InChI=1S/C29H36N4O3S/c1-4-24-7-9-26(10-8-24)30-21-25-19-22(2)33(23(25)3)29-20-27(11-12-28(29)31-13-5-6-14-31)37(34,35)32-15-17-36-18-16-32/h7-12,19-21H,4-6,13-18H2,1-3H3. The van der Waals surface area contributed by atoms with Gasteiger partial charge in [-0.2, -0.15) is 4.31 Å². The first-order chi connectivity index (χ1) is 17.9. The molecule has 0 unspecified atom stereocenters. The SMILES string of the molecule is CCc1ccc(N=Cc2cc(C)n(-c3cc(S(=O)(=O)N4CCOCC4)ccc3N3CCCC3)c2C)cc1. The van der Waals surface area contributed by atoms with E-state index in [2.05, 4.69) is 48.4 Å². The van der Waals surface area contributed by atoms with Crippen molar-refractivity contribution in [3.63, 3.8) is 0 Å². The molecule has 7 nitrogen and oxygen atoms in total. The molecular formula is C29H36N4O3S. The second-order valence-corrected chi connectivity index (χ2v) is 11.7. The minimum Gasteiger partial charge on any atom is -0.379 e. The number of ether oxygens (including phenoxy) is 1. The molecule has 3 heterocycles. The Hall–Kier alpha value is -2.94. The van der Waals surface area contributed by atoms with Gasteiger partial charge in [-0.25, -0.2) is 8.42 Å². The molecule has 0 radical (unpaired) electrons. The predicted molar refractivity (Wildman–Crippen MR) is 149 cm³/mol. The molecule has 196 valence electrons. The van der Waals surface area contributed by atoms with Gasteiger partial charge in [-0.05, 0) is 75.1 Å². The molecule has 0 atom stereocenters. The fourth-order valence-electron chi connectivity index (χ4n) is 5.26. The number of benzene rings is 2. The highest BCUT2D eigenvalue weighted by molar-refractivity contribution is 7.89. The highest BCUT2D eigenvalue weighted by Gasteiger charge is 2.28. The fourth-order valence-corrected chi connectivity index (χ4v) is 6.68. The van der Waals surface area contributed by atoms with Crippen LogP contribution in [0.3, 0.4) is 0 Å². The summed E-state index contributed by atoms with van der Waals surface area (Å²) >= 11 is 0. The topological polar surface area (TPSA) is 67.1 Å². The van der Waals surface area contributed by atoms with E-state index in [0.29, 0.717) is 31.2 Å². The molecule has 2 fully saturated rings. The normalized spacial score (nSPS) is 17.2.